The number of benzene rings is 2. The van der Waals surface area contributed by atoms with E-state index in [1.54, 1.807) is 0 Å². The van der Waals surface area contributed by atoms with Gasteiger partial charge >= 0.3 is 0 Å². The summed E-state index contributed by atoms with van der Waals surface area (Å²) >= 11 is 0. The summed E-state index contributed by atoms with van der Waals surface area (Å²) < 4.78 is 18.8. The zero-order valence-electron chi connectivity index (χ0n) is 15.3. The van der Waals surface area contributed by atoms with Crippen LogP contribution >= 0.6 is 0 Å². The van der Waals surface area contributed by atoms with Crippen molar-refractivity contribution < 1.29 is 18.7 Å². The van der Waals surface area contributed by atoms with E-state index in [0.29, 0.717) is 5.92 Å². The summed E-state index contributed by atoms with van der Waals surface area (Å²) in [5.74, 6) is -0.523. The van der Waals surface area contributed by atoms with Crippen molar-refractivity contribution in [2.45, 2.75) is 33.2 Å². The smallest absolute Gasteiger partial charge is 0.258 e. The van der Waals surface area contributed by atoms with Crippen LogP contribution in [0.15, 0.2) is 48.5 Å². The molecule has 0 aliphatic rings. The first-order valence-electron chi connectivity index (χ1n) is 8.64. The molecule has 2 rings (SSSR count). The van der Waals surface area contributed by atoms with Crippen LogP contribution in [0.2, 0.25) is 0 Å². The quantitative estimate of drug-likeness (QED) is 0.716. The third-order valence-corrected chi connectivity index (χ3v) is 3.92. The molecule has 2 aromatic carbocycles. The van der Waals surface area contributed by atoms with Gasteiger partial charge in [-0.2, -0.15) is 0 Å². The molecule has 0 aliphatic heterocycles. The number of carbonyl (C=O) groups excluding carboxylic acids is 2. The number of rotatable bonds is 8. The molecular weight excluding hydrogens is 333 g/mol. The van der Waals surface area contributed by atoms with E-state index in [2.05, 4.69) is 19.2 Å². The molecule has 0 radical (unpaired) electrons. The minimum Gasteiger partial charge on any atom is -0.483 e. The lowest BCUT2D eigenvalue weighted by Gasteiger charge is -2.21. The van der Waals surface area contributed by atoms with Gasteiger partial charge in [0.15, 0.2) is 12.4 Å². The molecule has 0 spiro atoms. The zero-order chi connectivity index (χ0) is 19.1. The number of ketones is 1. The van der Waals surface area contributed by atoms with E-state index in [4.69, 9.17) is 4.74 Å². The Morgan fingerprint density at radius 3 is 2.42 bits per heavy atom. The Bertz CT molecular complexity index is 759. The summed E-state index contributed by atoms with van der Waals surface area (Å²) in [6.45, 7) is 5.27. The van der Waals surface area contributed by atoms with E-state index in [0.717, 1.165) is 18.1 Å². The van der Waals surface area contributed by atoms with Crippen molar-refractivity contribution in [2.75, 3.05) is 6.61 Å². The molecule has 4 nitrogen and oxygen atoms in total. The summed E-state index contributed by atoms with van der Waals surface area (Å²) in [4.78, 5) is 23.9. The molecule has 2 aromatic rings. The van der Waals surface area contributed by atoms with E-state index in [1.165, 1.54) is 19.1 Å². The van der Waals surface area contributed by atoms with Crippen LogP contribution < -0.4 is 10.1 Å². The van der Waals surface area contributed by atoms with E-state index in [9.17, 15) is 14.0 Å². The summed E-state index contributed by atoms with van der Waals surface area (Å²) in [5.41, 5.74) is 1.15. The lowest BCUT2D eigenvalue weighted by molar-refractivity contribution is -0.124. The number of halogens is 1. The van der Waals surface area contributed by atoms with E-state index in [-0.39, 0.29) is 35.7 Å². The summed E-state index contributed by atoms with van der Waals surface area (Å²) in [7, 11) is 0. The van der Waals surface area contributed by atoms with Crippen molar-refractivity contribution in [3.63, 3.8) is 0 Å². The number of Topliss-reactive ketones (excluding diaryl/α,β-unsaturated/α-hetero) is 1. The molecule has 1 unspecified atom stereocenters. The predicted molar refractivity (Wildman–Crippen MR) is 98.7 cm³/mol. The van der Waals surface area contributed by atoms with E-state index >= 15 is 0 Å². The van der Waals surface area contributed by atoms with Crippen LogP contribution in [0, 0.1) is 11.7 Å². The van der Waals surface area contributed by atoms with E-state index in [1.807, 2.05) is 30.3 Å². The molecule has 1 amide bonds. The fraction of sp³-hybridized carbons (Fsp3) is 0.333. The molecule has 138 valence electrons. The maximum atomic E-state index is 13.3. The fourth-order valence-electron chi connectivity index (χ4n) is 2.72. The van der Waals surface area contributed by atoms with Crippen molar-refractivity contribution in [1.29, 1.82) is 0 Å². The highest BCUT2D eigenvalue weighted by Gasteiger charge is 2.17. The molecule has 0 saturated heterocycles. The topological polar surface area (TPSA) is 55.4 Å². The standard InChI is InChI=1S/C21H24FNO3/c1-14(2)11-19(16-7-5-4-6-8-16)23-21(25)13-26-20-10-9-17(22)12-18(20)15(3)24/h4-10,12,14,19H,11,13H2,1-3H3,(H,23,25). The normalized spacial score (nSPS) is 11.9. The lowest BCUT2D eigenvalue weighted by Crippen LogP contribution is -2.33. The molecule has 0 bridgehead atoms. The third-order valence-electron chi connectivity index (χ3n) is 3.92. The number of amides is 1. The van der Waals surface area contributed by atoms with Gasteiger partial charge in [-0.3, -0.25) is 9.59 Å². The van der Waals surface area contributed by atoms with Gasteiger partial charge in [-0.05, 0) is 43.0 Å². The van der Waals surface area contributed by atoms with Crippen LogP contribution in [0.4, 0.5) is 4.39 Å². The lowest BCUT2D eigenvalue weighted by atomic mass is 9.97. The van der Waals surface area contributed by atoms with Gasteiger partial charge in [-0.15, -0.1) is 0 Å². The van der Waals surface area contributed by atoms with Crippen molar-refractivity contribution >= 4 is 11.7 Å². The SMILES string of the molecule is CC(=O)c1cc(F)ccc1OCC(=O)NC(CC(C)C)c1ccccc1. The Morgan fingerprint density at radius 1 is 1.12 bits per heavy atom. The van der Waals surface area contributed by atoms with Gasteiger partial charge in [-0.1, -0.05) is 44.2 Å². The van der Waals surface area contributed by atoms with E-state index < -0.39 is 5.82 Å². The highest BCUT2D eigenvalue weighted by molar-refractivity contribution is 5.96. The number of nitrogens with one attached hydrogen (secondary N) is 1. The summed E-state index contributed by atoms with van der Waals surface area (Å²) in [6, 6.07) is 13.3. The molecule has 0 saturated carbocycles. The van der Waals surface area contributed by atoms with Crippen LogP contribution in [0.25, 0.3) is 0 Å². The van der Waals surface area contributed by atoms with Crippen LogP contribution in [-0.4, -0.2) is 18.3 Å². The molecule has 5 heteroatoms. The van der Waals surface area contributed by atoms with Crippen LogP contribution in [0.5, 0.6) is 5.75 Å². The second-order valence-electron chi connectivity index (χ2n) is 6.65. The summed E-state index contributed by atoms with van der Waals surface area (Å²) in [6.07, 6.45) is 0.797. The first kappa shape index (κ1) is 19.6. The molecule has 0 heterocycles. The Hall–Kier alpha value is -2.69. The highest BCUT2D eigenvalue weighted by atomic mass is 19.1. The average molecular weight is 357 g/mol. The van der Waals surface area contributed by atoms with Gasteiger partial charge < -0.3 is 10.1 Å². The van der Waals surface area contributed by atoms with Gasteiger partial charge in [0.25, 0.3) is 5.91 Å². The maximum Gasteiger partial charge on any atom is 0.258 e. The molecule has 26 heavy (non-hydrogen) atoms. The molecule has 0 fully saturated rings. The average Bonchev–Trinajstić information content (AvgIpc) is 2.60. The second kappa shape index (κ2) is 9.13. The third kappa shape index (κ3) is 5.69. The van der Waals surface area contributed by atoms with Gasteiger partial charge in [0.2, 0.25) is 0 Å². The largest absolute Gasteiger partial charge is 0.483 e. The Balaban J connectivity index is 2.04. The second-order valence-corrected chi connectivity index (χ2v) is 6.65. The van der Waals surface area contributed by atoms with Gasteiger partial charge in [-0.25, -0.2) is 4.39 Å². The van der Waals surface area contributed by atoms with Crippen molar-refractivity contribution in [3.05, 3.63) is 65.5 Å². The van der Waals surface area contributed by atoms with Crippen LogP contribution in [0.1, 0.15) is 49.2 Å². The van der Waals surface area contributed by atoms with Crippen LogP contribution in [-0.2, 0) is 4.79 Å². The predicted octanol–water partition coefficient (Wildman–Crippen LogP) is 4.31. The van der Waals surface area contributed by atoms with Crippen molar-refractivity contribution in [2.24, 2.45) is 5.92 Å². The monoisotopic (exact) mass is 357 g/mol. The zero-order valence-corrected chi connectivity index (χ0v) is 15.3. The number of ether oxygens (including phenoxy) is 1. The number of carbonyl (C=O) groups is 2. The minimum absolute atomic E-state index is 0.118. The van der Waals surface area contributed by atoms with Gasteiger partial charge in [0.1, 0.15) is 11.6 Å². The Kier molecular flexibility index (Phi) is 6.89. The van der Waals surface area contributed by atoms with Crippen molar-refractivity contribution in [3.8, 4) is 5.75 Å². The molecular formula is C21H24FNO3. The van der Waals surface area contributed by atoms with Gasteiger partial charge in [0.05, 0.1) is 11.6 Å². The molecule has 1 atom stereocenters. The molecule has 0 aromatic heterocycles. The van der Waals surface area contributed by atoms with Gasteiger partial charge in [0, 0.05) is 0 Å². The molecule has 0 aliphatic carbocycles. The number of hydrogen-bond donors (Lipinski definition) is 1. The summed E-state index contributed by atoms with van der Waals surface area (Å²) in [5, 5.41) is 2.97. The number of hydrogen-bond acceptors (Lipinski definition) is 3. The highest BCUT2D eigenvalue weighted by Crippen LogP contribution is 2.22. The fourth-order valence-corrected chi connectivity index (χ4v) is 2.72. The Labute approximate surface area is 153 Å². The minimum atomic E-state index is -0.520. The maximum absolute atomic E-state index is 13.3. The first-order chi connectivity index (χ1) is 12.4. The molecule has 1 N–H and O–H groups in total. The first-order valence-corrected chi connectivity index (χ1v) is 8.64. The van der Waals surface area contributed by atoms with Crippen LogP contribution in [0.3, 0.4) is 0 Å². The van der Waals surface area contributed by atoms with Crippen molar-refractivity contribution in [1.82, 2.24) is 5.32 Å². The Morgan fingerprint density at radius 2 is 1.81 bits per heavy atom.